The molecule has 0 aliphatic carbocycles. The number of aryl methyl sites for hydroxylation is 1. The van der Waals surface area contributed by atoms with E-state index in [1.165, 1.54) is 0 Å². The third-order valence-electron chi connectivity index (χ3n) is 7.39. The van der Waals surface area contributed by atoms with Crippen molar-refractivity contribution in [3.8, 4) is 5.75 Å². The van der Waals surface area contributed by atoms with Crippen molar-refractivity contribution >= 4 is 11.8 Å². The van der Waals surface area contributed by atoms with Gasteiger partial charge in [0.2, 0.25) is 5.91 Å². The summed E-state index contributed by atoms with van der Waals surface area (Å²) in [6.07, 6.45) is 9.37. The van der Waals surface area contributed by atoms with E-state index < -0.39 is 0 Å². The number of aromatic nitrogens is 2. The molecule has 0 bridgehead atoms. The van der Waals surface area contributed by atoms with Gasteiger partial charge in [-0.25, -0.2) is 0 Å². The zero-order chi connectivity index (χ0) is 28.0. The fraction of sp³-hybridized carbons (Fsp3) is 0.469. The van der Waals surface area contributed by atoms with Crippen LogP contribution in [0.2, 0.25) is 0 Å². The summed E-state index contributed by atoms with van der Waals surface area (Å²) in [6.45, 7) is 3.41. The fourth-order valence-corrected chi connectivity index (χ4v) is 5.21. The van der Waals surface area contributed by atoms with Gasteiger partial charge in [0.1, 0.15) is 12.4 Å². The molecule has 4 rings (SSSR count). The molecule has 2 aromatic carbocycles. The molecule has 8 nitrogen and oxygen atoms in total. The summed E-state index contributed by atoms with van der Waals surface area (Å²) in [7, 11) is 1.66. The highest BCUT2D eigenvalue weighted by Gasteiger charge is 2.26. The van der Waals surface area contributed by atoms with E-state index in [0.717, 1.165) is 37.7 Å². The number of carbonyl (C=O) groups excluding carboxylic acids is 2. The molecule has 0 fully saturated rings. The molecule has 2 heterocycles. The van der Waals surface area contributed by atoms with Crippen molar-refractivity contribution in [1.82, 2.24) is 19.6 Å². The summed E-state index contributed by atoms with van der Waals surface area (Å²) >= 11 is 0. The molecule has 0 radical (unpaired) electrons. The van der Waals surface area contributed by atoms with Crippen LogP contribution in [0.15, 0.2) is 73.1 Å². The van der Waals surface area contributed by atoms with Crippen LogP contribution in [0.3, 0.4) is 0 Å². The Hall–Kier alpha value is -3.65. The summed E-state index contributed by atoms with van der Waals surface area (Å²) in [6, 6.07) is 19.4. The smallest absolute Gasteiger partial charge is 0.257 e. The van der Waals surface area contributed by atoms with E-state index in [1.54, 1.807) is 13.3 Å². The molecule has 40 heavy (non-hydrogen) atoms. The average Bonchev–Trinajstić information content (AvgIpc) is 3.50. The van der Waals surface area contributed by atoms with Crippen molar-refractivity contribution in [2.75, 3.05) is 40.0 Å². The van der Waals surface area contributed by atoms with Gasteiger partial charge < -0.3 is 19.3 Å². The molecule has 8 heteroatoms. The molecule has 1 aromatic heterocycles. The Morgan fingerprint density at radius 3 is 2.52 bits per heavy atom. The van der Waals surface area contributed by atoms with Gasteiger partial charge in [-0.1, -0.05) is 55.3 Å². The maximum Gasteiger partial charge on any atom is 0.257 e. The summed E-state index contributed by atoms with van der Waals surface area (Å²) in [4.78, 5) is 31.2. The van der Waals surface area contributed by atoms with Crippen LogP contribution in [0.25, 0.3) is 0 Å². The molecular weight excluding hydrogens is 504 g/mol. The maximum absolute atomic E-state index is 13.7. The Kier molecular flexibility index (Phi) is 11.6. The second-order valence-corrected chi connectivity index (χ2v) is 10.3. The van der Waals surface area contributed by atoms with Crippen molar-refractivity contribution in [2.24, 2.45) is 0 Å². The molecule has 0 unspecified atom stereocenters. The molecule has 214 valence electrons. The number of benzene rings is 2. The van der Waals surface area contributed by atoms with Gasteiger partial charge in [0.05, 0.1) is 18.2 Å². The number of carbonyl (C=O) groups is 2. The van der Waals surface area contributed by atoms with E-state index in [4.69, 9.17) is 9.47 Å². The molecule has 0 saturated carbocycles. The summed E-state index contributed by atoms with van der Waals surface area (Å²) < 4.78 is 13.5. The van der Waals surface area contributed by atoms with Gasteiger partial charge in [-0.2, -0.15) is 5.10 Å². The Morgan fingerprint density at radius 1 is 0.975 bits per heavy atom. The first-order chi connectivity index (χ1) is 19.7. The first kappa shape index (κ1) is 29.3. The minimum absolute atomic E-state index is 0.0455. The number of hydrogen-bond acceptors (Lipinski definition) is 5. The van der Waals surface area contributed by atoms with Crippen LogP contribution in [0.4, 0.5) is 0 Å². The number of ether oxygens (including phenoxy) is 2. The first-order valence-electron chi connectivity index (χ1n) is 14.5. The second kappa shape index (κ2) is 15.8. The molecule has 1 aliphatic rings. The van der Waals surface area contributed by atoms with E-state index in [1.807, 2.05) is 69.2 Å². The highest BCUT2D eigenvalue weighted by molar-refractivity contribution is 5.97. The van der Waals surface area contributed by atoms with Crippen LogP contribution in [-0.4, -0.2) is 77.4 Å². The zero-order valence-corrected chi connectivity index (χ0v) is 23.6. The van der Waals surface area contributed by atoms with Gasteiger partial charge in [-0.3, -0.25) is 14.3 Å². The van der Waals surface area contributed by atoms with Gasteiger partial charge >= 0.3 is 0 Å². The van der Waals surface area contributed by atoms with Crippen LogP contribution < -0.4 is 4.74 Å². The van der Waals surface area contributed by atoms with Crippen LogP contribution >= 0.6 is 0 Å². The van der Waals surface area contributed by atoms with Gasteiger partial charge in [0.25, 0.3) is 5.91 Å². The quantitative estimate of drug-likeness (QED) is 0.384. The monoisotopic (exact) mass is 546 g/mol. The highest BCUT2D eigenvalue weighted by atomic mass is 16.5. The van der Waals surface area contributed by atoms with Crippen LogP contribution in [0, 0.1) is 0 Å². The number of rotatable bonds is 9. The number of para-hydroxylation sites is 1. The largest absolute Gasteiger partial charge is 0.491 e. The highest BCUT2D eigenvalue weighted by Crippen LogP contribution is 2.23. The Labute approximate surface area is 237 Å². The predicted molar refractivity (Wildman–Crippen MR) is 155 cm³/mol. The lowest BCUT2D eigenvalue weighted by Crippen LogP contribution is -2.46. The topological polar surface area (TPSA) is 76.9 Å². The molecule has 3 aromatic rings. The van der Waals surface area contributed by atoms with E-state index in [0.29, 0.717) is 63.5 Å². The number of hydrogen-bond donors (Lipinski definition) is 0. The first-order valence-corrected chi connectivity index (χ1v) is 14.5. The number of nitrogens with zero attached hydrogens (tertiary/aromatic N) is 4. The van der Waals surface area contributed by atoms with Crippen LogP contribution in [0.5, 0.6) is 5.75 Å². The minimum atomic E-state index is -0.157. The third-order valence-corrected chi connectivity index (χ3v) is 7.39. The van der Waals surface area contributed by atoms with Crippen LogP contribution in [-0.2, 0) is 22.5 Å². The molecule has 1 aliphatic heterocycles. The maximum atomic E-state index is 13.7. The Morgan fingerprint density at radius 2 is 1.75 bits per heavy atom. The van der Waals surface area contributed by atoms with Crippen molar-refractivity contribution < 1.29 is 19.1 Å². The molecule has 2 amide bonds. The molecule has 0 spiro atoms. The van der Waals surface area contributed by atoms with Crippen molar-refractivity contribution in [1.29, 1.82) is 0 Å². The fourth-order valence-electron chi connectivity index (χ4n) is 5.21. The summed E-state index contributed by atoms with van der Waals surface area (Å²) in [5.41, 5.74) is 1.70. The van der Waals surface area contributed by atoms with Gasteiger partial charge in [0, 0.05) is 52.1 Å². The number of fused-ring (bicyclic) bond motifs is 1. The van der Waals surface area contributed by atoms with E-state index in [2.05, 4.69) is 17.2 Å². The van der Waals surface area contributed by atoms with Crippen molar-refractivity contribution in [3.63, 3.8) is 0 Å². The molecule has 0 N–H and O–H groups in total. The van der Waals surface area contributed by atoms with Crippen molar-refractivity contribution in [2.45, 2.75) is 57.5 Å². The van der Waals surface area contributed by atoms with E-state index in [9.17, 15) is 9.59 Å². The Balaban J connectivity index is 1.57. The summed E-state index contributed by atoms with van der Waals surface area (Å²) in [5.74, 6) is 0.644. The lowest BCUT2D eigenvalue weighted by Gasteiger charge is -2.33. The molecule has 1 atom stereocenters. The second-order valence-electron chi connectivity index (χ2n) is 10.3. The minimum Gasteiger partial charge on any atom is -0.491 e. The van der Waals surface area contributed by atoms with E-state index >= 15 is 0 Å². The molecular formula is C32H42N4O4. The molecule has 0 saturated heterocycles. The number of amides is 2. The van der Waals surface area contributed by atoms with Gasteiger partial charge in [0.15, 0.2) is 0 Å². The average molecular weight is 547 g/mol. The Bertz CT molecular complexity index is 1170. The summed E-state index contributed by atoms with van der Waals surface area (Å²) in [5, 5.41) is 4.27. The zero-order valence-electron chi connectivity index (χ0n) is 23.6. The van der Waals surface area contributed by atoms with Crippen LogP contribution in [0.1, 0.15) is 54.4 Å². The lowest BCUT2D eigenvalue weighted by atomic mass is 10.0. The van der Waals surface area contributed by atoms with E-state index in [-0.39, 0.29) is 17.9 Å². The third kappa shape index (κ3) is 8.68. The normalized spacial score (nSPS) is 17.1. The lowest BCUT2D eigenvalue weighted by molar-refractivity contribution is -0.134. The standard InChI is InChI=1S/C32H42N4O4/c1-39-24-23-34-19-9-2-3-10-22-36(31(37)17-11-20-35-21-12-18-33-35)28(25-27-13-5-4-6-14-27)26-40-30-16-8-7-15-29(30)32(34)38/h4-8,12-16,18,21,28H,2-3,9-11,17,19-20,22-26H2,1H3/t28-/m0/s1. The van der Waals surface area contributed by atoms with Crippen molar-refractivity contribution in [3.05, 3.63) is 84.2 Å². The number of methoxy groups -OCH3 is 1. The predicted octanol–water partition coefficient (Wildman–Crippen LogP) is 4.84. The SMILES string of the molecule is COCCN1CCCCCCN(C(=O)CCCn2cccn2)[C@@H](Cc2ccccc2)COc2ccccc2C1=O. The van der Waals surface area contributed by atoms with Gasteiger partial charge in [-0.15, -0.1) is 0 Å². The van der Waals surface area contributed by atoms with Gasteiger partial charge in [-0.05, 0) is 49.4 Å².